The highest BCUT2D eigenvalue weighted by atomic mass is 32.2. The average Bonchev–Trinajstić information content (AvgIpc) is 2.89. The molecule has 0 aliphatic heterocycles. The molecule has 2 aromatic rings. The van der Waals surface area contributed by atoms with Crippen LogP contribution in [-0.4, -0.2) is 46.2 Å². The van der Waals surface area contributed by atoms with Gasteiger partial charge in [0, 0.05) is 19.3 Å². The highest BCUT2D eigenvalue weighted by Gasteiger charge is 2.19. The molecule has 1 amide bonds. The van der Waals surface area contributed by atoms with Crippen LogP contribution in [0.4, 0.5) is 0 Å². The second-order valence-electron chi connectivity index (χ2n) is 4.74. The minimum Gasteiger partial charge on any atom is -0.383 e. The number of hydrogen-bond donors (Lipinski definition) is 1. The van der Waals surface area contributed by atoms with Gasteiger partial charge in [-0.1, -0.05) is 30.0 Å². The third kappa shape index (κ3) is 4.08. The maximum absolute atomic E-state index is 12.0. The number of para-hydroxylation sites is 1. The highest BCUT2D eigenvalue weighted by molar-refractivity contribution is 8.00. The van der Waals surface area contributed by atoms with Crippen LogP contribution in [0.2, 0.25) is 0 Å². The smallest absolute Gasteiger partial charge is 0.233 e. The van der Waals surface area contributed by atoms with Crippen LogP contribution in [0.15, 0.2) is 35.5 Å². The van der Waals surface area contributed by atoms with Crippen LogP contribution in [0.25, 0.3) is 5.69 Å². The standard InChI is InChI=1S/C15H20N4O2S/c1-11(14(20)16-9-10-21-3)22-15-18-17-12(2)19(15)13-7-5-4-6-8-13/h4-8,11H,9-10H2,1-3H3,(H,16,20)/t11-/m0/s1. The van der Waals surface area contributed by atoms with Crippen LogP contribution in [0, 0.1) is 6.92 Å². The minimum absolute atomic E-state index is 0.0395. The number of aryl methyl sites for hydroxylation is 1. The van der Waals surface area contributed by atoms with Gasteiger partial charge in [0.1, 0.15) is 5.82 Å². The molecule has 0 saturated carbocycles. The van der Waals surface area contributed by atoms with Crippen molar-refractivity contribution in [2.75, 3.05) is 20.3 Å². The van der Waals surface area contributed by atoms with Crippen molar-refractivity contribution in [3.05, 3.63) is 36.2 Å². The first kappa shape index (κ1) is 16.5. The van der Waals surface area contributed by atoms with E-state index in [1.165, 1.54) is 11.8 Å². The Labute approximate surface area is 134 Å². The fourth-order valence-electron chi connectivity index (χ4n) is 1.93. The minimum atomic E-state index is -0.261. The first-order valence-corrected chi connectivity index (χ1v) is 7.92. The van der Waals surface area contributed by atoms with E-state index in [4.69, 9.17) is 4.74 Å². The average molecular weight is 320 g/mol. The Morgan fingerprint density at radius 1 is 1.36 bits per heavy atom. The molecule has 0 bridgehead atoms. The van der Waals surface area contributed by atoms with Gasteiger partial charge in [0.15, 0.2) is 5.16 Å². The molecule has 0 unspecified atom stereocenters. The zero-order valence-corrected chi connectivity index (χ0v) is 13.8. The second kappa shape index (κ2) is 7.95. The van der Waals surface area contributed by atoms with Crippen LogP contribution in [0.1, 0.15) is 12.7 Å². The Morgan fingerprint density at radius 3 is 2.77 bits per heavy atom. The first-order chi connectivity index (χ1) is 10.6. The molecule has 0 aliphatic rings. The van der Waals surface area contributed by atoms with Gasteiger partial charge in [-0.05, 0) is 26.0 Å². The second-order valence-corrected chi connectivity index (χ2v) is 6.05. The lowest BCUT2D eigenvalue weighted by Crippen LogP contribution is -2.33. The fraction of sp³-hybridized carbons (Fsp3) is 0.400. The topological polar surface area (TPSA) is 69.0 Å². The molecule has 0 saturated heterocycles. The Morgan fingerprint density at radius 2 is 2.09 bits per heavy atom. The molecule has 6 nitrogen and oxygen atoms in total. The summed E-state index contributed by atoms with van der Waals surface area (Å²) in [5, 5.41) is 11.6. The van der Waals surface area contributed by atoms with Crippen LogP contribution in [-0.2, 0) is 9.53 Å². The number of methoxy groups -OCH3 is 1. The molecule has 0 radical (unpaired) electrons. The summed E-state index contributed by atoms with van der Waals surface area (Å²) in [6, 6.07) is 9.86. The summed E-state index contributed by atoms with van der Waals surface area (Å²) < 4.78 is 6.87. The van der Waals surface area contributed by atoms with E-state index in [1.54, 1.807) is 7.11 Å². The van der Waals surface area contributed by atoms with Gasteiger partial charge >= 0.3 is 0 Å². The van der Waals surface area contributed by atoms with E-state index in [-0.39, 0.29) is 11.2 Å². The van der Waals surface area contributed by atoms with E-state index in [0.717, 1.165) is 11.5 Å². The van der Waals surface area contributed by atoms with Crippen molar-refractivity contribution in [2.45, 2.75) is 24.3 Å². The number of thioether (sulfide) groups is 1. The number of amides is 1. The van der Waals surface area contributed by atoms with E-state index in [2.05, 4.69) is 15.5 Å². The van der Waals surface area contributed by atoms with Crippen molar-refractivity contribution in [1.29, 1.82) is 0 Å². The molecular weight excluding hydrogens is 300 g/mol. The predicted octanol–water partition coefficient (Wildman–Crippen LogP) is 1.82. The summed E-state index contributed by atoms with van der Waals surface area (Å²) >= 11 is 1.39. The summed E-state index contributed by atoms with van der Waals surface area (Å²) in [6.45, 7) is 4.76. The van der Waals surface area contributed by atoms with Gasteiger partial charge in [0.25, 0.3) is 0 Å². The quantitative estimate of drug-likeness (QED) is 0.622. The monoisotopic (exact) mass is 320 g/mol. The van der Waals surface area contributed by atoms with Gasteiger partial charge < -0.3 is 10.1 Å². The van der Waals surface area contributed by atoms with Gasteiger partial charge in [0.2, 0.25) is 5.91 Å². The zero-order valence-electron chi connectivity index (χ0n) is 12.9. The maximum Gasteiger partial charge on any atom is 0.233 e. The van der Waals surface area contributed by atoms with Crippen molar-refractivity contribution in [1.82, 2.24) is 20.1 Å². The van der Waals surface area contributed by atoms with Crippen molar-refractivity contribution in [3.8, 4) is 5.69 Å². The van der Waals surface area contributed by atoms with Gasteiger partial charge in [-0.15, -0.1) is 10.2 Å². The van der Waals surface area contributed by atoms with Crippen LogP contribution in [0.5, 0.6) is 0 Å². The van der Waals surface area contributed by atoms with E-state index < -0.39 is 0 Å². The predicted molar refractivity (Wildman–Crippen MR) is 86.3 cm³/mol. The number of rotatable bonds is 7. The van der Waals surface area contributed by atoms with E-state index >= 15 is 0 Å². The lowest BCUT2D eigenvalue weighted by molar-refractivity contribution is -0.120. The van der Waals surface area contributed by atoms with Crippen molar-refractivity contribution >= 4 is 17.7 Å². The van der Waals surface area contributed by atoms with Gasteiger partial charge in [-0.2, -0.15) is 0 Å². The summed E-state index contributed by atoms with van der Waals surface area (Å²) in [7, 11) is 1.61. The van der Waals surface area contributed by atoms with E-state index in [0.29, 0.717) is 18.3 Å². The summed E-state index contributed by atoms with van der Waals surface area (Å²) in [5.74, 6) is 0.753. The number of benzene rings is 1. The van der Waals surface area contributed by atoms with Crippen LogP contribution < -0.4 is 5.32 Å². The SMILES string of the molecule is COCCNC(=O)[C@H](C)Sc1nnc(C)n1-c1ccccc1. The molecule has 0 fully saturated rings. The molecule has 22 heavy (non-hydrogen) atoms. The molecule has 0 aliphatic carbocycles. The number of aromatic nitrogens is 3. The Hall–Kier alpha value is -1.86. The van der Waals surface area contributed by atoms with Crippen molar-refractivity contribution in [3.63, 3.8) is 0 Å². The lowest BCUT2D eigenvalue weighted by atomic mass is 10.3. The van der Waals surface area contributed by atoms with E-state index in [9.17, 15) is 4.79 Å². The third-order valence-corrected chi connectivity index (χ3v) is 4.11. The van der Waals surface area contributed by atoms with Crippen molar-refractivity contribution in [2.24, 2.45) is 0 Å². The molecule has 7 heteroatoms. The molecule has 1 heterocycles. The molecule has 1 aromatic heterocycles. The normalized spacial score (nSPS) is 12.1. The number of ether oxygens (including phenoxy) is 1. The molecule has 2 rings (SSSR count). The van der Waals surface area contributed by atoms with Gasteiger partial charge in [0.05, 0.1) is 11.9 Å². The Kier molecular flexibility index (Phi) is 5.97. The molecular formula is C15H20N4O2S. The number of nitrogens with zero attached hydrogens (tertiary/aromatic N) is 3. The fourth-order valence-corrected chi connectivity index (χ4v) is 2.86. The lowest BCUT2D eigenvalue weighted by Gasteiger charge is -2.13. The molecule has 0 spiro atoms. The zero-order chi connectivity index (χ0) is 15.9. The summed E-state index contributed by atoms with van der Waals surface area (Å²) in [6.07, 6.45) is 0. The molecule has 1 atom stereocenters. The molecule has 1 aromatic carbocycles. The summed E-state index contributed by atoms with van der Waals surface area (Å²) in [5.41, 5.74) is 0.986. The van der Waals surface area contributed by atoms with Crippen LogP contribution in [0.3, 0.4) is 0 Å². The molecule has 118 valence electrons. The summed E-state index contributed by atoms with van der Waals surface area (Å²) in [4.78, 5) is 12.0. The van der Waals surface area contributed by atoms with Gasteiger partial charge in [-0.3, -0.25) is 9.36 Å². The Bertz CT molecular complexity index is 615. The first-order valence-electron chi connectivity index (χ1n) is 7.04. The van der Waals surface area contributed by atoms with E-state index in [1.807, 2.05) is 48.7 Å². The number of carbonyl (C=O) groups is 1. The maximum atomic E-state index is 12.0. The Balaban J connectivity index is 2.09. The number of hydrogen-bond acceptors (Lipinski definition) is 5. The third-order valence-electron chi connectivity index (χ3n) is 3.07. The number of carbonyl (C=O) groups excluding carboxylic acids is 1. The largest absolute Gasteiger partial charge is 0.383 e. The molecule has 1 N–H and O–H groups in total. The van der Waals surface area contributed by atoms with Crippen LogP contribution >= 0.6 is 11.8 Å². The number of nitrogens with one attached hydrogen (secondary N) is 1. The van der Waals surface area contributed by atoms with Gasteiger partial charge in [-0.25, -0.2) is 0 Å². The van der Waals surface area contributed by atoms with Crippen molar-refractivity contribution < 1.29 is 9.53 Å². The highest BCUT2D eigenvalue weighted by Crippen LogP contribution is 2.25.